The molecule has 0 saturated carbocycles. The molecule has 0 aliphatic carbocycles. The fraction of sp³-hybridized carbons (Fsp3) is 0.583. The largest absolute Gasteiger partial charge is 0.398 e. The number of nitrogens with two attached hydrogens (primary N) is 1. The Morgan fingerprint density at radius 3 is 2.89 bits per heavy atom. The van der Waals surface area contributed by atoms with Gasteiger partial charge in [-0.2, -0.15) is 4.31 Å². The van der Waals surface area contributed by atoms with Crippen LogP contribution in [0.4, 0.5) is 5.69 Å². The van der Waals surface area contributed by atoms with E-state index in [1.807, 2.05) is 6.92 Å². The molecule has 2 heterocycles. The van der Waals surface area contributed by atoms with Crippen LogP contribution in [0, 0.1) is 0 Å². The minimum absolute atomic E-state index is 0.0251. The molecule has 0 bridgehead atoms. The molecule has 0 spiro atoms. The Morgan fingerprint density at radius 1 is 1.39 bits per heavy atom. The van der Waals surface area contributed by atoms with Crippen LogP contribution in [-0.2, 0) is 10.0 Å². The summed E-state index contributed by atoms with van der Waals surface area (Å²) in [7, 11) is -3.52. The van der Waals surface area contributed by atoms with Gasteiger partial charge in [-0.05, 0) is 25.8 Å². The average Bonchev–Trinajstić information content (AvgIpc) is 2.54. The fourth-order valence-corrected chi connectivity index (χ4v) is 4.10. The van der Waals surface area contributed by atoms with Gasteiger partial charge in [-0.1, -0.05) is 12.8 Å². The van der Waals surface area contributed by atoms with Gasteiger partial charge in [-0.3, -0.25) is 4.98 Å². The molecule has 18 heavy (non-hydrogen) atoms. The summed E-state index contributed by atoms with van der Waals surface area (Å²) in [5.74, 6) is 0. The maximum absolute atomic E-state index is 12.6. The van der Waals surface area contributed by atoms with Crippen LogP contribution in [0.2, 0.25) is 0 Å². The molecule has 1 saturated heterocycles. The van der Waals surface area contributed by atoms with E-state index in [4.69, 9.17) is 5.73 Å². The van der Waals surface area contributed by atoms with E-state index in [2.05, 4.69) is 4.98 Å². The number of hydrogen-bond donors (Lipinski definition) is 1. The van der Waals surface area contributed by atoms with Gasteiger partial charge >= 0.3 is 0 Å². The molecule has 5 nitrogen and oxygen atoms in total. The molecule has 100 valence electrons. The van der Waals surface area contributed by atoms with Crippen LogP contribution in [0.5, 0.6) is 0 Å². The van der Waals surface area contributed by atoms with Gasteiger partial charge in [-0.25, -0.2) is 8.42 Å². The second-order valence-corrected chi connectivity index (χ2v) is 6.59. The highest BCUT2D eigenvalue weighted by Gasteiger charge is 2.31. The summed E-state index contributed by atoms with van der Waals surface area (Å²) in [5.41, 5.74) is 6.02. The van der Waals surface area contributed by atoms with Crippen molar-refractivity contribution >= 4 is 15.7 Å². The molecule has 2 N–H and O–H groups in total. The maximum Gasteiger partial charge on any atom is 0.246 e. The van der Waals surface area contributed by atoms with Crippen LogP contribution in [0.1, 0.15) is 32.6 Å². The number of pyridine rings is 1. The molecule has 0 radical (unpaired) electrons. The van der Waals surface area contributed by atoms with Crippen LogP contribution in [0.3, 0.4) is 0 Å². The first-order valence-electron chi connectivity index (χ1n) is 6.25. The Bertz CT molecular complexity index is 516. The number of anilines is 1. The summed E-state index contributed by atoms with van der Waals surface area (Å²) in [4.78, 5) is 3.99. The second kappa shape index (κ2) is 5.24. The molecule has 6 heteroatoms. The van der Waals surface area contributed by atoms with E-state index in [0.717, 1.165) is 25.7 Å². The van der Waals surface area contributed by atoms with Crippen molar-refractivity contribution in [3.8, 4) is 0 Å². The number of nitrogen functional groups attached to an aromatic ring is 1. The predicted molar refractivity (Wildman–Crippen MR) is 70.5 cm³/mol. The van der Waals surface area contributed by atoms with E-state index in [0.29, 0.717) is 6.54 Å². The molecule has 0 aromatic carbocycles. The van der Waals surface area contributed by atoms with E-state index < -0.39 is 10.0 Å². The number of nitrogens with zero attached hydrogens (tertiary/aromatic N) is 2. The van der Waals surface area contributed by atoms with Crippen LogP contribution >= 0.6 is 0 Å². The third-order valence-corrected chi connectivity index (χ3v) is 5.45. The Labute approximate surface area is 108 Å². The Hall–Kier alpha value is -1.14. The molecule has 1 unspecified atom stereocenters. The fourth-order valence-electron chi connectivity index (χ4n) is 2.34. The minimum Gasteiger partial charge on any atom is -0.398 e. The lowest BCUT2D eigenvalue weighted by Crippen LogP contribution is -2.38. The second-order valence-electron chi connectivity index (χ2n) is 4.73. The van der Waals surface area contributed by atoms with Crippen LogP contribution in [0.25, 0.3) is 0 Å². The van der Waals surface area contributed by atoms with Crippen molar-refractivity contribution < 1.29 is 8.42 Å². The van der Waals surface area contributed by atoms with E-state index in [-0.39, 0.29) is 16.6 Å². The molecule has 2 rings (SSSR count). The van der Waals surface area contributed by atoms with Crippen LogP contribution < -0.4 is 5.73 Å². The van der Waals surface area contributed by atoms with Gasteiger partial charge in [0.15, 0.2) is 0 Å². The molecule has 0 amide bonds. The highest BCUT2D eigenvalue weighted by molar-refractivity contribution is 7.89. The molecule has 1 aromatic rings. The number of sulfonamides is 1. The molecule has 1 atom stereocenters. The lowest BCUT2D eigenvalue weighted by molar-refractivity contribution is 0.342. The highest BCUT2D eigenvalue weighted by atomic mass is 32.2. The summed E-state index contributed by atoms with van der Waals surface area (Å²) in [6.07, 6.45) is 6.81. The summed E-state index contributed by atoms with van der Waals surface area (Å²) in [5, 5.41) is 0. The predicted octanol–water partition coefficient (Wildman–Crippen LogP) is 1.62. The van der Waals surface area contributed by atoms with E-state index in [1.54, 1.807) is 4.31 Å². The number of aromatic nitrogens is 1. The van der Waals surface area contributed by atoms with Crippen molar-refractivity contribution in [3.63, 3.8) is 0 Å². The SMILES string of the molecule is CC1CCCCCN1S(=O)(=O)c1cnccc1N. The van der Waals surface area contributed by atoms with Gasteiger partial charge in [-0.15, -0.1) is 0 Å². The molecule has 1 aliphatic rings. The van der Waals surface area contributed by atoms with Crippen molar-refractivity contribution in [1.82, 2.24) is 9.29 Å². The lowest BCUT2D eigenvalue weighted by atomic mass is 10.1. The van der Waals surface area contributed by atoms with Gasteiger partial charge in [0.2, 0.25) is 10.0 Å². The monoisotopic (exact) mass is 269 g/mol. The lowest BCUT2D eigenvalue weighted by Gasteiger charge is -2.26. The topological polar surface area (TPSA) is 76.3 Å². The normalized spacial score (nSPS) is 22.6. The van der Waals surface area contributed by atoms with Gasteiger partial charge in [0.25, 0.3) is 0 Å². The van der Waals surface area contributed by atoms with Gasteiger partial charge < -0.3 is 5.73 Å². The van der Waals surface area contributed by atoms with Crippen LogP contribution in [0.15, 0.2) is 23.4 Å². The first kappa shape index (κ1) is 13.3. The first-order chi connectivity index (χ1) is 8.53. The summed E-state index contributed by atoms with van der Waals surface area (Å²) in [6, 6.07) is 1.55. The van der Waals surface area contributed by atoms with E-state index >= 15 is 0 Å². The quantitative estimate of drug-likeness (QED) is 0.885. The molecule has 1 aromatic heterocycles. The Morgan fingerprint density at radius 2 is 2.17 bits per heavy atom. The van der Waals surface area contributed by atoms with Crippen molar-refractivity contribution in [2.45, 2.75) is 43.5 Å². The van der Waals surface area contributed by atoms with Crippen molar-refractivity contribution in [2.75, 3.05) is 12.3 Å². The Balaban J connectivity index is 2.38. The Kier molecular flexibility index (Phi) is 3.87. The molecular formula is C12H19N3O2S. The third-order valence-electron chi connectivity index (χ3n) is 3.40. The zero-order chi connectivity index (χ0) is 13.2. The molecule has 1 fully saturated rings. The van der Waals surface area contributed by atoms with Crippen molar-refractivity contribution in [3.05, 3.63) is 18.5 Å². The van der Waals surface area contributed by atoms with Gasteiger partial charge in [0.1, 0.15) is 4.90 Å². The molecular weight excluding hydrogens is 250 g/mol. The van der Waals surface area contributed by atoms with E-state index in [9.17, 15) is 8.42 Å². The van der Waals surface area contributed by atoms with Crippen molar-refractivity contribution in [2.24, 2.45) is 0 Å². The van der Waals surface area contributed by atoms with Crippen molar-refractivity contribution in [1.29, 1.82) is 0 Å². The van der Waals surface area contributed by atoms with Gasteiger partial charge in [0, 0.05) is 25.0 Å². The highest BCUT2D eigenvalue weighted by Crippen LogP contribution is 2.26. The standard InChI is InChI=1S/C12H19N3O2S/c1-10-5-3-2-4-8-15(10)18(16,17)12-9-14-7-6-11(12)13/h6-7,9-10H,2-5,8H2,1H3,(H2,13,14). The zero-order valence-corrected chi connectivity index (χ0v) is 11.4. The maximum atomic E-state index is 12.6. The average molecular weight is 269 g/mol. The summed E-state index contributed by atoms with van der Waals surface area (Å²) < 4.78 is 26.7. The number of rotatable bonds is 2. The number of hydrogen-bond acceptors (Lipinski definition) is 4. The third kappa shape index (κ3) is 2.49. The zero-order valence-electron chi connectivity index (χ0n) is 10.5. The van der Waals surface area contributed by atoms with Crippen LogP contribution in [-0.4, -0.2) is 30.3 Å². The van der Waals surface area contributed by atoms with E-state index in [1.165, 1.54) is 18.5 Å². The first-order valence-corrected chi connectivity index (χ1v) is 7.69. The molecule has 1 aliphatic heterocycles. The summed E-state index contributed by atoms with van der Waals surface area (Å²) >= 11 is 0. The van der Waals surface area contributed by atoms with Gasteiger partial charge in [0.05, 0.1) is 5.69 Å². The summed E-state index contributed by atoms with van der Waals surface area (Å²) in [6.45, 7) is 2.52. The smallest absolute Gasteiger partial charge is 0.246 e. The minimum atomic E-state index is -3.52.